The Bertz CT molecular complexity index is 525. The molecule has 21 heavy (non-hydrogen) atoms. The van der Waals surface area contributed by atoms with Crippen molar-refractivity contribution in [2.24, 2.45) is 5.92 Å². The van der Waals surface area contributed by atoms with Crippen molar-refractivity contribution in [3.63, 3.8) is 0 Å². The van der Waals surface area contributed by atoms with E-state index in [-0.39, 0.29) is 5.78 Å². The minimum Gasteiger partial charge on any atom is -0.397 e. The number of piperidine rings is 1. The first-order valence-corrected chi connectivity index (χ1v) is 9.17. The molecule has 2 N–H and O–H groups in total. The molecule has 0 aromatic carbocycles. The van der Waals surface area contributed by atoms with E-state index in [9.17, 15) is 4.79 Å². The van der Waals surface area contributed by atoms with E-state index in [0.29, 0.717) is 12.3 Å². The summed E-state index contributed by atoms with van der Waals surface area (Å²) < 4.78 is 0. The highest BCUT2D eigenvalue weighted by Gasteiger charge is 2.35. The Kier molecular flexibility index (Phi) is 4.25. The number of carbonyl (C=O) groups is 1. The van der Waals surface area contributed by atoms with Gasteiger partial charge in [-0.25, -0.2) is 0 Å². The number of ketones is 1. The van der Waals surface area contributed by atoms with Crippen LogP contribution < -0.4 is 10.6 Å². The highest BCUT2D eigenvalue weighted by molar-refractivity contribution is 7.19. The van der Waals surface area contributed by atoms with Gasteiger partial charge in [-0.05, 0) is 37.5 Å². The van der Waals surface area contributed by atoms with Gasteiger partial charge in [0.25, 0.3) is 0 Å². The molecule has 0 unspecified atom stereocenters. The van der Waals surface area contributed by atoms with Crippen LogP contribution in [0.5, 0.6) is 0 Å². The lowest BCUT2D eigenvalue weighted by atomic mass is 9.94. The van der Waals surface area contributed by atoms with Crippen molar-refractivity contribution >= 4 is 27.8 Å². The van der Waals surface area contributed by atoms with Crippen LogP contribution in [0.1, 0.15) is 73.5 Å². The van der Waals surface area contributed by atoms with Gasteiger partial charge in [0.2, 0.25) is 0 Å². The predicted octanol–water partition coefficient (Wildman–Crippen LogP) is 4.43. The van der Waals surface area contributed by atoms with Gasteiger partial charge in [0.05, 0.1) is 15.6 Å². The molecule has 3 rings (SSSR count). The molecule has 4 heteroatoms. The number of anilines is 2. The van der Waals surface area contributed by atoms with Crippen molar-refractivity contribution < 1.29 is 4.79 Å². The van der Waals surface area contributed by atoms with Crippen molar-refractivity contribution in [2.75, 3.05) is 23.7 Å². The van der Waals surface area contributed by atoms with Gasteiger partial charge in [-0.1, -0.05) is 20.3 Å². The van der Waals surface area contributed by atoms with Gasteiger partial charge in [0.1, 0.15) is 0 Å². The summed E-state index contributed by atoms with van der Waals surface area (Å²) in [5, 5.41) is 1.31. The van der Waals surface area contributed by atoms with Crippen LogP contribution in [0.4, 0.5) is 10.7 Å². The number of Topliss-reactive ketones (excluding diaryl/α,β-unsaturated/α-hetero) is 1. The quantitative estimate of drug-likeness (QED) is 0.819. The Labute approximate surface area is 131 Å². The zero-order chi connectivity index (χ0) is 15.0. The lowest BCUT2D eigenvalue weighted by molar-refractivity contribution is 0.0993. The largest absolute Gasteiger partial charge is 0.397 e. The highest BCUT2D eigenvalue weighted by atomic mass is 32.1. The van der Waals surface area contributed by atoms with Crippen LogP contribution in [-0.2, 0) is 0 Å². The summed E-state index contributed by atoms with van der Waals surface area (Å²) in [6.07, 6.45) is 6.85. The van der Waals surface area contributed by atoms with Gasteiger partial charge in [-0.15, -0.1) is 11.3 Å². The molecule has 0 bridgehead atoms. The van der Waals surface area contributed by atoms with E-state index in [0.717, 1.165) is 29.6 Å². The fraction of sp³-hybridized carbons (Fsp3) is 0.706. The van der Waals surface area contributed by atoms with E-state index in [4.69, 9.17) is 5.73 Å². The molecule has 0 amide bonds. The van der Waals surface area contributed by atoms with Gasteiger partial charge in [-0.3, -0.25) is 4.79 Å². The van der Waals surface area contributed by atoms with Gasteiger partial charge >= 0.3 is 0 Å². The summed E-state index contributed by atoms with van der Waals surface area (Å²) in [7, 11) is 0. The number of carbonyl (C=O) groups excluding carboxylic acids is 1. The summed E-state index contributed by atoms with van der Waals surface area (Å²) in [4.78, 5) is 15.4. The summed E-state index contributed by atoms with van der Waals surface area (Å²) in [6.45, 7) is 6.46. The molecular weight excluding hydrogens is 280 g/mol. The topological polar surface area (TPSA) is 46.3 Å². The first kappa shape index (κ1) is 14.9. The molecule has 1 saturated carbocycles. The summed E-state index contributed by atoms with van der Waals surface area (Å²) in [5.74, 6) is 1.69. The first-order valence-electron chi connectivity index (χ1n) is 8.35. The number of thiophene rings is 1. The normalized spacial score (nSPS) is 20.0. The third kappa shape index (κ3) is 2.83. The molecular formula is C17H26N2OS. The molecule has 2 aliphatic rings. The van der Waals surface area contributed by atoms with Gasteiger partial charge in [0.15, 0.2) is 5.78 Å². The second-order valence-corrected chi connectivity index (χ2v) is 7.45. The van der Waals surface area contributed by atoms with E-state index in [1.54, 1.807) is 11.3 Å². The second-order valence-electron chi connectivity index (χ2n) is 6.45. The molecule has 1 aromatic rings. The van der Waals surface area contributed by atoms with Crippen LogP contribution in [0.15, 0.2) is 0 Å². The zero-order valence-electron chi connectivity index (χ0n) is 13.2. The molecule has 1 aliphatic carbocycles. The molecule has 2 fully saturated rings. The van der Waals surface area contributed by atoms with E-state index in [2.05, 4.69) is 11.8 Å². The Morgan fingerprint density at radius 3 is 2.43 bits per heavy atom. The summed E-state index contributed by atoms with van der Waals surface area (Å²) in [6, 6.07) is 0. The maximum Gasteiger partial charge on any atom is 0.174 e. The number of hydrogen-bond donors (Lipinski definition) is 1. The Balaban J connectivity index is 1.89. The second kappa shape index (κ2) is 5.99. The highest BCUT2D eigenvalue weighted by Crippen LogP contribution is 2.52. The lowest BCUT2D eigenvalue weighted by Gasteiger charge is -2.33. The molecule has 1 saturated heterocycles. The molecule has 1 aromatic heterocycles. The number of nitrogen functional groups attached to an aromatic ring is 1. The van der Waals surface area contributed by atoms with Crippen LogP contribution >= 0.6 is 11.3 Å². The fourth-order valence-corrected chi connectivity index (χ4v) is 4.73. The van der Waals surface area contributed by atoms with Crippen molar-refractivity contribution in [3.8, 4) is 0 Å². The Morgan fingerprint density at radius 1 is 1.24 bits per heavy atom. The van der Waals surface area contributed by atoms with Crippen LogP contribution in [-0.4, -0.2) is 18.9 Å². The Morgan fingerprint density at radius 2 is 1.90 bits per heavy atom. The number of nitrogens with two attached hydrogens (primary N) is 1. The monoisotopic (exact) mass is 306 g/mol. The molecule has 2 heterocycles. The molecule has 1 aliphatic heterocycles. The Hall–Kier alpha value is -1.03. The van der Waals surface area contributed by atoms with Crippen LogP contribution in [0.25, 0.3) is 0 Å². The van der Waals surface area contributed by atoms with Crippen molar-refractivity contribution in [1.82, 2.24) is 0 Å². The molecule has 0 radical (unpaired) electrons. The van der Waals surface area contributed by atoms with E-state index >= 15 is 0 Å². The third-order valence-electron chi connectivity index (χ3n) is 5.00. The lowest BCUT2D eigenvalue weighted by Crippen LogP contribution is -2.33. The van der Waals surface area contributed by atoms with Gasteiger partial charge < -0.3 is 10.6 Å². The SMILES string of the molecule is CCC(=O)c1sc(N2CCC(CC)CC2)c(C2CC2)c1N. The predicted molar refractivity (Wildman–Crippen MR) is 90.6 cm³/mol. The molecule has 0 atom stereocenters. The van der Waals surface area contributed by atoms with E-state index in [1.165, 1.54) is 42.7 Å². The summed E-state index contributed by atoms with van der Waals surface area (Å²) >= 11 is 1.65. The van der Waals surface area contributed by atoms with Crippen LogP contribution in [0.2, 0.25) is 0 Å². The van der Waals surface area contributed by atoms with Crippen molar-refractivity contribution in [1.29, 1.82) is 0 Å². The minimum atomic E-state index is 0.203. The average molecular weight is 306 g/mol. The molecule has 116 valence electrons. The van der Waals surface area contributed by atoms with E-state index in [1.807, 2.05) is 6.92 Å². The standard InChI is InChI=1S/C17H26N2OS/c1-3-11-7-9-19(10-8-11)17-14(12-5-6-12)15(18)16(21-17)13(20)4-2/h11-12H,3-10,18H2,1-2H3. The average Bonchev–Trinajstić information content (AvgIpc) is 3.30. The van der Waals surface area contributed by atoms with Crippen molar-refractivity contribution in [2.45, 2.75) is 58.3 Å². The maximum atomic E-state index is 12.1. The minimum absolute atomic E-state index is 0.203. The summed E-state index contributed by atoms with van der Waals surface area (Å²) in [5.41, 5.74) is 8.44. The number of rotatable bonds is 5. The van der Waals surface area contributed by atoms with Crippen LogP contribution in [0, 0.1) is 5.92 Å². The zero-order valence-corrected chi connectivity index (χ0v) is 14.0. The smallest absolute Gasteiger partial charge is 0.174 e. The van der Waals surface area contributed by atoms with Gasteiger partial charge in [-0.2, -0.15) is 0 Å². The van der Waals surface area contributed by atoms with E-state index < -0.39 is 0 Å². The first-order chi connectivity index (χ1) is 10.2. The molecule has 0 spiro atoms. The van der Waals surface area contributed by atoms with Crippen LogP contribution in [0.3, 0.4) is 0 Å². The number of nitrogens with zero attached hydrogens (tertiary/aromatic N) is 1. The molecule has 3 nitrogen and oxygen atoms in total. The fourth-order valence-electron chi connectivity index (χ4n) is 3.36. The van der Waals surface area contributed by atoms with Gasteiger partial charge in [0, 0.05) is 25.1 Å². The number of hydrogen-bond acceptors (Lipinski definition) is 4. The maximum absolute atomic E-state index is 12.1. The van der Waals surface area contributed by atoms with Crippen molar-refractivity contribution in [3.05, 3.63) is 10.4 Å². The third-order valence-corrected chi connectivity index (χ3v) is 6.33.